The maximum Gasteiger partial charge on any atom is -0.0195 e. The Kier molecular flexibility index (Phi) is 10.3. The van der Waals surface area contributed by atoms with E-state index in [1.54, 1.807) is 0 Å². The van der Waals surface area contributed by atoms with Crippen LogP contribution in [0.15, 0.2) is 66.7 Å². The lowest BCUT2D eigenvalue weighted by Gasteiger charge is -1.89. The molecule has 0 saturated heterocycles. The molecule has 0 radical (unpaired) electrons. The number of nitrogens with two attached hydrogens (primary N) is 1. The summed E-state index contributed by atoms with van der Waals surface area (Å²) in [6.07, 6.45) is 1.14. The second kappa shape index (κ2) is 11.5. The smallest absolute Gasteiger partial charge is 0.0195 e. The zero-order valence-electron chi connectivity index (χ0n) is 10.1. The van der Waals surface area contributed by atoms with E-state index in [1.165, 1.54) is 12.6 Å². The van der Waals surface area contributed by atoms with Crippen molar-refractivity contribution in [1.82, 2.24) is 0 Å². The van der Waals surface area contributed by atoms with Crippen molar-refractivity contribution in [1.29, 1.82) is 0 Å². The number of rotatable bonds is 1. The van der Waals surface area contributed by atoms with Gasteiger partial charge in [-0.15, -0.1) is 0 Å². The first-order valence-electron chi connectivity index (χ1n) is 5.55. The molecular weight excluding hydrogens is 194 g/mol. The van der Waals surface area contributed by atoms with Gasteiger partial charge in [0.05, 0.1) is 0 Å². The van der Waals surface area contributed by atoms with E-state index in [2.05, 4.69) is 36.9 Å². The standard InChI is InChI=1S/C8H10.C6H6.CH5N/c1-2-8-6-4-3-5-7-8;1-2-4-6-5-3-1;1-2/h3-7H,2H2,1H3;1-6H;2H2,1H3. The summed E-state index contributed by atoms with van der Waals surface area (Å²) in [5.74, 6) is 0. The molecule has 16 heavy (non-hydrogen) atoms. The van der Waals surface area contributed by atoms with Gasteiger partial charge in [-0.2, -0.15) is 0 Å². The Morgan fingerprint density at radius 2 is 1.00 bits per heavy atom. The maximum absolute atomic E-state index is 4.50. The summed E-state index contributed by atoms with van der Waals surface area (Å²) in [7, 11) is 1.50. The molecule has 0 aromatic heterocycles. The Morgan fingerprint density at radius 1 is 0.688 bits per heavy atom. The lowest BCUT2D eigenvalue weighted by atomic mass is 10.2. The molecule has 1 nitrogen and oxygen atoms in total. The SMILES string of the molecule is CCc1ccccc1.CN.c1ccccc1. The van der Waals surface area contributed by atoms with Gasteiger partial charge in [0.2, 0.25) is 0 Å². The van der Waals surface area contributed by atoms with E-state index in [4.69, 9.17) is 0 Å². The van der Waals surface area contributed by atoms with E-state index in [9.17, 15) is 0 Å². The Bertz CT molecular complexity index is 289. The van der Waals surface area contributed by atoms with Crippen molar-refractivity contribution in [3.63, 3.8) is 0 Å². The molecule has 0 unspecified atom stereocenters. The lowest BCUT2D eigenvalue weighted by molar-refractivity contribution is 1.14. The van der Waals surface area contributed by atoms with Crippen LogP contribution in [0.5, 0.6) is 0 Å². The number of aryl methyl sites for hydroxylation is 1. The van der Waals surface area contributed by atoms with Crippen molar-refractivity contribution < 1.29 is 0 Å². The molecule has 0 amide bonds. The second-order valence-electron chi connectivity index (χ2n) is 2.99. The van der Waals surface area contributed by atoms with Crippen LogP contribution in [0.25, 0.3) is 0 Å². The van der Waals surface area contributed by atoms with Crippen molar-refractivity contribution in [3.05, 3.63) is 72.3 Å². The molecule has 0 aliphatic rings. The zero-order chi connectivity index (χ0) is 12.1. The van der Waals surface area contributed by atoms with Crippen LogP contribution in [-0.4, -0.2) is 7.05 Å². The largest absolute Gasteiger partial charge is 0.333 e. The summed E-state index contributed by atoms with van der Waals surface area (Å²) in [5, 5.41) is 0. The van der Waals surface area contributed by atoms with Gasteiger partial charge in [0.25, 0.3) is 0 Å². The van der Waals surface area contributed by atoms with Gasteiger partial charge in [-0.05, 0) is 19.0 Å². The minimum absolute atomic E-state index is 1.14. The van der Waals surface area contributed by atoms with Gasteiger partial charge in [0.1, 0.15) is 0 Å². The summed E-state index contributed by atoms with van der Waals surface area (Å²) in [6.45, 7) is 2.16. The predicted octanol–water partition coefficient (Wildman–Crippen LogP) is 3.51. The quantitative estimate of drug-likeness (QED) is 0.774. The number of benzene rings is 2. The minimum Gasteiger partial charge on any atom is -0.333 e. The maximum atomic E-state index is 4.50. The molecule has 0 spiro atoms. The van der Waals surface area contributed by atoms with Crippen molar-refractivity contribution >= 4 is 0 Å². The molecule has 2 aromatic rings. The molecule has 2 aromatic carbocycles. The molecule has 0 aliphatic heterocycles. The van der Waals surface area contributed by atoms with Crippen LogP contribution in [0.1, 0.15) is 12.5 Å². The Balaban J connectivity index is 0.000000251. The molecule has 0 aliphatic carbocycles. The molecule has 2 N–H and O–H groups in total. The van der Waals surface area contributed by atoms with Crippen molar-refractivity contribution in [2.75, 3.05) is 7.05 Å². The highest BCUT2D eigenvalue weighted by Crippen LogP contribution is 1.96. The third-order valence-corrected chi connectivity index (χ3v) is 1.92. The topological polar surface area (TPSA) is 26.0 Å². The van der Waals surface area contributed by atoms with Gasteiger partial charge in [-0.25, -0.2) is 0 Å². The van der Waals surface area contributed by atoms with E-state index in [0.29, 0.717) is 0 Å². The summed E-state index contributed by atoms with van der Waals surface area (Å²) in [4.78, 5) is 0. The van der Waals surface area contributed by atoms with Crippen LogP contribution in [0.4, 0.5) is 0 Å². The summed E-state index contributed by atoms with van der Waals surface area (Å²) in [5.41, 5.74) is 5.91. The van der Waals surface area contributed by atoms with E-state index < -0.39 is 0 Å². The number of hydrogen-bond donors (Lipinski definition) is 1. The van der Waals surface area contributed by atoms with Crippen LogP contribution in [0.3, 0.4) is 0 Å². The zero-order valence-corrected chi connectivity index (χ0v) is 10.1. The second-order valence-corrected chi connectivity index (χ2v) is 2.99. The monoisotopic (exact) mass is 215 g/mol. The molecule has 2 rings (SSSR count). The van der Waals surface area contributed by atoms with E-state index in [0.717, 1.165) is 6.42 Å². The van der Waals surface area contributed by atoms with Gasteiger partial charge in [0.15, 0.2) is 0 Å². The highest BCUT2D eigenvalue weighted by atomic mass is 14.4. The normalized spacial score (nSPS) is 7.94. The van der Waals surface area contributed by atoms with Crippen molar-refractivity contribution in [3.8, 4) is 0 Å². The Labute approximate surface area is 98.9 Å². The van der Waals surface area contributed by atoms with Gasteiger partial charge in [0, 0.05) is 0 Å². The molecule has 86 valence electrons. The number of hydrogen-bond acceptors (Lipinski definition) is 1. The Hall–Kier alpha value is -1.60. The molecule has 1 heteroatoms. The van der Waals surface area contributed by atoms with E-state index in [-0.39, 0.29) is 0 Å². The molecule has 0 saturated carbocycles. The molecule has 0 fully saturated rings. The van der Waals surface area contributed by atoms with E-state index in [1.807, 2.05) is 42.5 Å². The van der Waals surface area contributed by atoms with Gasteiger partial charge in [-0.1, -0.05) is 73.7 Å². The third kappa shape index (κ3) is 7.77. The first kappa shape index (κ1) is 14.4. The fourth-order valence-corrected chi connectivity index (χ4v) is 1.10. The molecule has 0 bridgehead atoms. The predicted molar refractivity (Wildman–Crippen MR) is 72.4 cm³/mol. The van der Waals surface area contributed by atoms with Crippen LogP contribution < -0.4 is 5.73 Å². The van der Waals surface area contributed by atoms with Crippen LogP contribution in [-0.2, 0) is 6.42 Å². The fraction of sp³-hybridized carbons (Fsp3) is 0.200. The highest BCUT2D eigenvalue weighted by Gasteiger charge is 1.79. The minimum atomic E-state index is 1.14. The van der Waals surface area contributed by atoms with Crippen molar-refractivity contribution in [2.24, 2.45) is 5.73 Å². The van der Waals surface area contributed by atoms with Crippen LogP contribution in [0, 0.1) is 0 Å². The fourth-order valence-electron chi connectivity index (χ4n) is 1.10. The van der Waals surface area contributed by atoms with Gasteiger partial charge in [-0.3, -0.25) is 0 Å². The van der Waals surface area contributed by atoms with Crippen LogP contribution in [0.2, 0.25) is 0 Å². The average molecular weight is 215 g/mol. The van der Waals surface area contributed by atoms with Gasteiger partial charge >= 0.3 is 0 Å². The Morgan fingerprint density at radius 3 is 1.25 bits per heavy atom. The summed E-state index contributed by atoms with van der Waals surface area (Å²) >= 11 is 0. The summed E-state index contributed by atoms with van der Waals surface area (Å²) in [6, 6.07) is 22.5. The average Bonchev–Trinajstić information content (AvgIpc) is 2.44. The molecule has 0 atom stereocenters. The lowest BCUT2D eigenvalue weighted by Crippen LogP contribution is -1.73. The summed E-state index contributed by atoms with van der Waals surface area (Å²) < 4.78 is 0. The first-order valence-corrected chi connectivity index (χ1v) is 5.55. The molecule has 0 heterocycles. The van der Waals surface area contributed by atoms with Gasteiger partial charge < -0.3 is 5.73 Å². The third-order valence-electron chi connectivity index (χ3n) is 1.92. The van der Waals surface area contributed by atoms with Crippen LogP contribution >= 0.6 is 0 Å². The first-order chi connectivity index (χ1) is 7.93. The van der Waals surface area contributed by atoms with Crippen molar-refractivity contribution in [2.45, 2.75) is 13.3 Å². The van der Waals surface area contributed by atoms with E-state index >= 15 is 0 Å². The molecular formula is C15H21N. The highest BCUT2D eigenvalue weighted by molar-refractivity contribution is 5.13.